The molecule has 0 amide bonds. The zero-order valence-electron chi connectivity index (χ0n) is 12.1. The van der Waals surface area contributed by atoms with Crippen LogP contribution in [0.3, 0.4) is 0 Å². The summed E-state index contributed by atoms with van der Waals surface area (Å²) in [7, 11) is 0. The molecule has 1 aliphatic rings. The van der Waals surface area contributed by atoms with E-state index < -0.39 is 0 Å². The van der Waals surface area contributed by atoms with Gasteiger partial charge in [-0.3, -0.25) is 0 Å². The van der Waals surface area contributed by atoms with E-state index in [-0.39, 0.29) is 0 Å². The summed E-state index contributed by atoms with van der Waals surface area (Å²) in [5.74, 6) is 0.800. The number of hydrogen-bond donors (Lipinski definition) is 1. The average molecular weight is 280 g/mol. The lowest BCUT2D eigenvalue weighted by Crippen LogP contribution is -2.37. The molecular formula is C17H26ClN. The molecule has 19 heavy (non-hydrogen) atoms. The summed E-state index contributed by atoms with van der Waals surface area (Å²) < 4.78 is 0. The number of halogens is 1. The predicted molar refractivity (Wildman–Crippen MR) is 83.8 cm³/mol. The van der Waals surface area contributed by atoms with E-state index in [0.29, 0.717) is 5.41 Å². The first-order chi connectivity index (χ1) is 9.28. The van der Waals surface area contributed by atoms with Crippen LogP contribution in [-0.4, -0.2) is 12.4 Å². The Hall–Kier alpha value is -0.530. The predicted octanol–water partition coefficient (Wildman–Crippen LogP) is 4.53. The first-order valence-electron chi connectivity index (χ1n) is 7.62. The van der Waals surface area contributed by atoms with Crippen LogP contribution in [0.15, 0.2) is 24.3 Å². The van der Waals surface area contributed by atoms with E-state index in [0.717, 1.165) is 25.4 Å². The van der Waals surface area contributed by atoms with Gasteiger partial charge in [-0.25, -0.2) is 0 Å². The standard InChI is InChI=1S/C17H26ClN/c1-2-15-6-8-16(9-7-15)12-19-14-17(13-18)10-4-3-5-11-17/h6-9,19H,2-5,10-14H2,1H3. The zero-order chi connectivity index (χ0) is 13.6. The second kappa shape index (κ2) is 7.31. The highest BCUT2D eigenvalue weighted by molar-refractivity contribution is 6.18. The number of hydrogen-bond acceptors (Lipinski definition) is 1. The maximum Gasteiger partial charge on any atom is 0.0292 e. The van der Waals surface area contributed by atoms with Crippen molar-refractivity contribution < 1.29 is 0 Å². The van der Waals surface area contributed by atoms with Crippen molar-refractivity contribution in [3.8, 4) is 0 Å². The highest BCUT2D eigenvalue weighted by atomic mass is 35.5. The van der Waals surface area contributed by atoms with Crippen molar-refractivity contribution in [2.24, 2.45) is 5.41 Å². The lowest BCUT2D eigenvalue weighted by molar-refractivity contribution is 0.212. The van der Waals surface area contributed by atoms with Gasteiger partial charge in [0.1, 0.15) is 0 Å². The van der Waals surface area contributed by atoms with Gasteiger partial charge in [0.05, 0.1) is 0 Å². The fourth-order valence-electron chi connectivity index (χ4n) is 3.02. The van der Waals surface area contributed by atoms with Crippen LogP contribution in [0.4, 0.5) is 0 Å². The zero-order valence-corrected chi connectivity index (χ0v) is 12.8. The van der Waals surface area contributed by atoms with E-state index >= 15 is 0 Å². The first-order valence-corrected chi connectivity index (χ1v) is 8.16. The lowest BCUT2D eigenvalue weighted by atomic mass is 9.75. The van der Waals surface area contributed by atoms with Crippen LogP contribution < -0.4 is 5.32 Å². The summed E-state index contributed by atoms with van der Waals surface area (Å²) in [6.45, 7) is 4.22. The first kappa shape index (κ1) is 14.9. The molecule has 0 aliphatic heterocycles. The summed E-state index contributed by atoms with van der Waals surface area (Å²) in [6, 6.07) is 8.93. The van der Waals surface area contributed by atoms with Crippen LogP contribution in [0.5, 0.6) is 0 Å². The van der Waals surface area contributed by atoms with E-state index in [1.807, 2.05) is 0 Å². The molecule has 1 nitrogen and oxygen atoms in total. The molecule has 0 heterocycles. The Morgan fingerprint density at radius 2 is 1.68 bits per heavy atom. The highest BCUT2D eigenvalue weighted by Crippen LogP contribution is 2.36. The second-order valence-corrected chi connectivity index (χ2v) is 6.24. The van der Waals surface area contributed by atoms with Gasteiger partial charge in [-0.15, -0.1) is 11.6 Å². The molecule has 0 saturated heterocycles. The Bertz CT molecular complexity index is 365. The summed E-state index contributed by atoms with van der Waals surface area (Å²) in [5.41, 5.74) is 3.13. The van der Waals surface area contributed by atoms with Crippen LogP contribution in [0, 0.1) is 5.41 Å². The van der Waals surface area contributed by atoms with Crippen LogP contribution in [0.2, 0.25) is 0 Å². The maximum atomic E-state index is 6.22. The SMILES string of the molecule is CCc1ccc(CNCC2(CCl)CCCCC2)cc1. The van der Waals surface area contributed by atoms with Gasteiger partial charge in [0, 0.05) is 19.0 Å². The highest BCUT2D eigenvalue weighted by Gasteiger charge is 2.30. The number of alkyl halides is 1. The lowest BCUT2D eigenvalue weighted by Gasteiger charge is -2.35. The monoisotopic (exact) mass is 279 g/mol. The van der Waals surface area contributed by atoms with Crippen molar-refractivity contribution in [2.75, 3.05) is 12.4 Å². The van der Waals surface area contributed by atoms with E-state index in [1.54, 1.807) is 0 Å². The summed E-state index contributed by atoms with van der Waals surface area (Å²) >= 11 is 6.22. The van der Waals surface area contributed by atoms with Gasteiger partial charge in [-0.1, -0.05) is 50.5 Å². The fraction of sp³-hybridized carbons (Fsp3) is 0.647. The molecule has 2 rings (SSSR count). The summed E-state index contributed by atoms with van der Waals surface area (Å²) in [4.78, 5) is 0. The normalized spacial score (nSPS) is 18.4. The fourth-order valence-corrected chi connectivity index (χ4v) is 3.39. The van der Waals surface area contributed by atoms with Crippen LogP contribution >= 0.6 is 11.6 Å². The number of rotatable bonds is 6. The number of benzene rings is 1. The number of nitrogens with one attached hydrogen (secondary N) is 1. The Morgan fingerprint density at radius 1 is 1.05 bits per heavy atom. The molecule has 1 aromatic carbocycles. The molecule has 1 aliphatic carbocycles. The Kier molecular flexibility index (Phi) is 5.72. The summed E-state index contributed by atoms with van der Waals surface area (Å²) in [6.07, 6.45) is 7.77. The molecule has 0 aromatic heterocycles. The topological polar surface area (TPSA) is 12.0 Å². The third-order valence-corrected chi connectivity index (χ3v) is 5.02. The average Bonchev–Trinajstić information content (AvgIpc) is 2.49. The molecule has 2 heteroatoms. The minimum atomic E-state index is 0.350. The van der Waals surface area contributed by atoms with Crippen molar-refractivity contribution >= 4 is 11.6 Å². The Balaban J connectivity index is 1.81. The quantitative estimate of drug-likeness (QED) is 0.755. The van der Waals surface area contributed by atoms with Crippen molar-refractivity contribution in [1.82, 2.24) is 5.32 Å². The van der Waals surface area contributed by atoms with Crippen LogP contribution in [0.1, 0.15) is 50.2 Å². The molecule has 1 saturated carbocycles. The van der Waals surface area contributed by atoms with Crippen molar-refractivity contribution in [3.05, 3.63) is 35.4 Å². The van der Waals surface area contributed by atoms with Gasteiger partial charge in [0.15, 0.2) is 0 Å². The molecule has 106 valence electrons. The molecule has 0 bridgehead atoms. The van der Waals surface area contributed by atoms with Gasteiger partial charge in [0.2, 0.25) is 0 Å². The molecule has 1 N–H and O–H groups in total. The molecule has 0 spiro atoms. The Labute approximate surface area is 122 Å². The van der Waals surface area contributed by atoms with Crippen LogP contribution in [0.25, 0.3) is 0 Å². The minimum absolute atomic E-state index is 0.350. The second-order valence-electron chi connectivity index (χ2n) is 5.97. The summed E-state index contributed by atoms with van der Waals surface area (Å²) in [5, 5.41) is 3.62. The van der Waals surface area contributed by atoms with E-state index in [9.17, 15) is 0 Å². The van der Waals surface area contributed by atoms with Gasteiger partial charge in [0.25, 0.3) is 0 Å². The van der Waals surface area contributed by atoms with Crippen molar-refractivity contribution in [3.63, 3.8) is 0 Å². The van der Waals surface area contributed by atoms with E-state index in [1.165, 1.54) is 43.2 Å². The maximum absolute atomic E-state index is 6.22. The van der Waals surface area contributed by atoms with Gasteiger partial charge in [-0.2, -0.15) is 0 Å². The number of aryl methyl sites for hydroxylation is 1. The third kappa shape index (κ3) is 4.22. The molecular weight excluding hydrogens is 254 g/mol. The van der Waals surface area contributed by atoms with Gasteiger partial charge < -0.3 is 5.32 Å². The molecule has 1 aromatic rings. The molecule has 0 unspecified atom stereocenters. The molecule has 1 fully saturated rings. The molecule has 0 atom stereocenters. The van der Waals surface area contributed by atoms with Gasteiger partial charge in [-0.05, 0) is 35.8 Å². The van der Waals surface area contributed by atoms with Crippen molar-refractivity contribution in [1.29, 1.82) is 0 Å². The molecule has 0 radical (unpaired) electrons. The van der Waals surface area contributed by atoms with Crippen molar-refractivity contribution in [2.45, 2.75) is 52.0 Å². The van der Waals surface area contributed by atoms with Gasteiger partial charge >= 0.3 is 0 Å². The largest absolute Gasteiger partial charge is 0.312 e. The Morgan fingerprint density at radius 3 is 2.26 bits per heavy atom. The van der Waals surface area contributed by atoms with E-state index in [2.05, 4.69) is 36.5 Å². The van der Waals surface area contributed by atoms with E-state index in [4.69, 9.17) is 11.6 Å². The van der Waals surface area contributed by atoms with Crippen LogP contribution in [-0.2, 0) is 13.0 Å². The minimum Gasteiger partial charge on any atom is -0.312 e. The smallest absolute Gasteiger partial charge is 0.0292 e. The third-order valence-electron chi connectivity index (χ3n) is 4.46.